The van der Waals surface area contributed by atoms with Crippen LogP contribution in [0.2, 0.25) is 0 Å². The van der Waals surface area contributed by atoms with E-state index in [0.717, 1.165) is 25.3 Å². The average molecular weight is 153 g/mol. The number of carbonyl (C=O) groups is 1. The van der Waals surface area contributed by atoms with E-state index in [0.29, 0.717) is 0 Å². The number of rotatable bonds is 2. The third-order valence-electron chi connectivity index (χ3n) is 2.19. The van der Waals surface area contributed by atoms with Crippen LogP contribution < -0.4 is 0 Å². The van der Waals surface area contributed by atoms with E-state index in [1.165, 1.54) is 12.8 Å². The van der Waals surface area contributed by atoms with Crippen molar-refractivity contribution in [1.82, 2.24) is 4.90 Å². The molecule has 62 valence electrons. The molecule has 1 aliphatic heterocycles. The third-order valence-corrected chi connectivity index (χ3v) is 2.19. The van der Waals surface area contributed by atoms with E-state index in [4.69, 9.17) is 0 Å². The molecule has 0 aromatic carbocycles. The molecule has 0 saturated carbocycles. The minimum absolute atomic E-state index is 0.831. The molecule has 11 heavy (non-hydrogen) atoms. The van der Waals surface area contributed by atoms with Crippen molar-refractivity contribution in [3.63, 3.8) is 0 Å². The monoisotopic (exact) mass is 153 g/mol. The molecule has 1 aliphatic rings. The zero-order chi connectivity index (χ0) is 8.10. The van der Waals surface area contributed by atoms with Crippen molar-refractivity contribution in [3.05, 3.63) is 12.3 Å². The first-order chi connectivity index (χ1) is 5.33. The quantitative estimate of drug-likeness (QED) is 0.442. The molecule has 0 aliphatic carbocycles. The Morgan fingerprint density at radius 1 is 1.36 bits per heavy atom. The number of piperidine rings is 1. The Morgan fingerprint density at radius 2 is 2.00 bits per heavy atom. The molecule has 0 radical (unpaired) electrons. The Morgan fingerprint density at radius 3 is 2.55 bits per heavy atom. The van der Waals surface area contributed by atoms with Crippen LogP contribution in [0, 0.1) is 5.92 Å². The fourth-order valence-corrected chi connectivity index (χ4v) is 1.33. The van der Waals surface area contributed by atoms with E-state index in [9.17, 15) is 4.79 Å². The number of likely N-dealkylation sites (tertiary alicyclic amines) is 1. The van der Waals surface area contributed by atoms with Gasteiger partial charge in [0.1, 0.15) is 6.29 Å². The van der Waals surface area contributed by atoms with E-state index < -0.39 is 0 Å². The summed E-state index contributed by atoms with van der Waals surface area (Å²) in [5.74, 6) is 0.857. The van der Waals surface area contributed by atoms with Gasteiger partial charge in [0.15, 0.2) is 0 Å². The van der Waals surface area contributed by atoms with Gasteiger partial charge in [-0.15, -0.1) is 0 Å². The van der Waals surface area contributed by atoms with Gasteiger partial charge in [-0.05, 0) is 24.8 Å². The number of nitrogens with zero attached hydrogens (tertiary/aromatic N) is 1. The van der Waals surface area contributed by atoms with Crippen LogP contribution >= 0.6 is 0 Å². The number of aldehydes is 1. The average Bonchev–Trinajstić information content (AvgIpc) is 2.04. The maximum absolute atomic E-state index is 10.00. The Hall–Kier alpha value is -0.790. The maximum Gasteiger partial charge on any atom is 0.144 e. The third kappa shape index (κ3) is 2.74. The minimum Gasteiger partial charge on any atom is -0.377 e. The zero-order valence-electron chi connectivity index (χ0n) is 6.99. The van der Waals surface area contributed by atoms with Crippen molar-refractivity contribution in [2.75, 3.05) is 13.1 Å². The topological polar surface area (TPSA) is 20.3 Å². The maximum atomic E-state index is 10.00. The smallest absolute Gasteiger partial charge is 0.144 e. The highest BCUT2D eigenvalue weighted by atomic mass is 16.1. The summed E-state index contributed by atoms with van der Waals surface area (Å²) in [5, 5.41) is 0. The largest absolute Gasteiger partial charge is 0.377 e. The highest BCUT2D eigenvalue weighted by Gasteiger charge is 2.11. The first kappa shape index (κ1) is 8.31. The van der Waals surface area contributed by atoms with E-state index in [1.54, 1.807) is 6.08 Å². The molecule has 0 aromatic heterocycles. The van der Waals surface area contributed by atoms with Crippen molar-refractivity contribution >= 4 is 6.29 Å². The van der Waals surface area contributed by atoms with Gasteiger partial charge >= 0.3 is 0 Å². The summed E-state index contributed by atoms with van der Waals surface area (Å²) in [6.07, 6.45) is 6.79. The Labute approximate surface area is 67.9 Å². The molecular weight excluding hydrogens is 138 g/mol. The van der Waals surface area contributed by atoms with Crippen LogP contribution in [0.3, 0.4) is 0 Å². The number of allylic oxidation sites excluding steroid dienone is 1. The van der Waals surface area contributed by atoms with Crippen LogP contribution in [-0.4, -0.2) is 24.3 Å². The predicted molar refractivity (Wildman–Crippen MR) is 45.2 cm³/mol. The van der Waals surface area contributed by atoms with Crippen molar-refractivity contribution in [2.24, 2.45) is 5.92 Å². The lowest BCUT2D eigenvalue weighted by molar-refractivity contribution is -0.104. The van der Waals surface area contributed by atoms with Crippen molar-refractivity contribution in [2.45, 2.75) is 19.8 Å². The first-order valence-corrected chi connectivity index (χ1v) is 4.19. The summed E-state index contributed by atoms with van der Waals surface area (Å²) >= 11 is 0. The van der Waals surface area contributed by atoms with Gasteiger partial charge in [0.05, 0.1) is 0 Å². The van der Waals surface area contributed by atoms with Crippen LogP contribution in [0.1, 0.15) is 19.8 Å². The molecular formula is C9H15NO. The van der Waals surface area contributed by atoms with Gasteiger partial charge in [0.25, 0.3) is 0 Å². The molecule has 0 aromatic rings. The lowest BCUT2D eigenvalue weighted by atomic mass is 10.00. The van der Waals surface area contributed by atoms with Gasteiger partial charge in [0, 0.05) is 19.3 Å². The molecule has 0 N–H and O–H groups in total. The van der Waals surface area contributed by atoms with E-state index in [1.807, 2.05) is 6.20 Å². The summed E-state index contributed by atoms with van der Waals surface area (Å²) < 4.78 is 0. The summed E-state index contributed by atoms with van der Waals surface area (Å²) in [6.45, 7) is 4.48. The summed E-state index contributed by atoms with van der Waals surface area (Å²) in [7, 11) is 0. The molecule has 0 bridgehead atoms. The van der Waals surface area contributed by atoms with Crippen molar-refractivity contribution < 1.29 is 4.79 Å². The number of hydrogen-bond donors (Lipinski definition) is 0. The number of hydrogen-bond acceptors (Lipinski definition) is 2. The van der Waals surface area contributed by atoms with Gasteiger partial charge < -0.3 is 4.90 Å². The number of carbonyl (C=O) groups excluding carboxylic acids is 1. The minimum atomic E-state index is 0.831. The van der Waals surface area contributed by atoms with E-state index in [2.05, 4.69) is 11.8 Å². The molecule has 0 spiro atoms. The predicted octanol–water partition coefficient (Wildman–Crippen LogP) is 1.43. The Kier molecular flexibility index (Phi) is 3.14. The molecule has 0 amide bonds. The van der Waals surface area contributed by atoms with Crippen LogP contribution in [0.5, 0.6) is 0 Å². The summed E-state index contributed by atoms with van der Waals surface area (Å²) in [4.78, 5) is 12.2. The van der Waals surface area contributed by atoms with Crippen molar-refractivity contribution in [1.29, 1.82) is 0 Å². The van der Waals surface area contributed by atoms with Gasteiger partial charge in [-0.1, -0.05) is 6.92 Å². The van der Waals surface area contributed by atoms with Crippen molar-refractivity contribution in [3.8, 4) is 0 Å². The van der Waals surface area contributed by atoms with E-state index in [-0.39, 0.29) is 0 Å². The molecule has 1 saturated heterocycles. The highest BCUT2D eigenvalue weighted by Crippen LogP contribution is 2.15. The molecule has 2 nitrogen and oxygen atoms in total. The fourth-order valence-electron chi connectivity index (χ4n) is 1.33. The van der Waals surface area contributed by atoms with Crippen LogP contribution in [-0.2, 0) is 4.79 Å². The van der Waals surface area contributed by atoms with Crippen LogP contribution in [0.15, 0.2) is 12.3 Å². The normalized spacial score (nSPS) is 21.0. The molecule has 0 atom stereocenters. The van der Waals surface area contributed by atoms with Crippen LogP contribution in [0.25, 0.3) is 0 Å². The Balaban J connectivity index is 2.27. The van der Waals surface area contributed by atoms with Gasteiger partial charge in [-0.2, -0.15) is 0 Å². The second-order valence-electron chi connectivity index (χ2n) is 3.20. The zero-order valence-corrected chi connectivity index (χ0v) is 6.99. The van der Waals surface area contributed by atoms with Gasteiger partial charge in [-0.3, -0.25) is 4.79 Å². The van der Waals surface area contributed by atoms with Gasteiger partial charge in [-0.25, -0.2) is 0 Å². The molecule has 0 unspecified atom stereocenters. The Bertz CT molecular complexity index is 146. The summed E-state index contributed by atoms with van der Waals surface area (Å²) in [6, 6.07) is 0. The molecule has 1 fully saturated rings. The first-order valence-electron chi connectivity index (χ1n) is 4.19. The van der Waals surface area contributed by atoms with E-state index >= 15 is 0 Å². The second-order valence-corrected chi connectivity index (χ2v) is 3.20. The molecule has 2 heteroatoms. The highest BCUT2D eigenvalue weighted by molar-refractivity contribution is 5.64. The van der Waals surface area contributed by atoms with Gasteiger partial charge in [0.2, 0.25) is 0 Å². The van der Waals surface area contributed by atoms with Crippen LogP contribution in [0.4, 0.5) is 0 Å². The molecule has 1 rings (SSSR count). The summed E-state index contributed by atoms with van der Waals surface area (Å²) in [5.41, 5.74) is 0. The SMILES string of the molecule is CC1CCN(C=CC=O)CC1. The standard InChI is InChI=1S/C9H15NO/c1-9-3-6-10(7-4-9)5-2-8-11/h2,5,8-9H,3-4,6-7H2,1H3. The fraction of sp³-hybridized carbons (Fsp3) is 0.667. The lowest BCUT2D eigenvalue weighted by Crippen LogP contribution is -2.28. The second kappa shape index (κ2) is 4.16. The molecule has 1 heterocycles. The lowest BCUT2D eigenvalue weighted by Gasteiger charge is -2.28.